The van der Waals surface area contributed by atoms with Crippen molar-refractivity contribution in [2.24, 2.45) is 5.92 Å². The van der Waals surface area contributed by atoms with Crippen LogP contribution in [0.25, 0.3) is 0 Å². The first-order valence-electron chi connectivity index (χ1n) is 8.31. The standard InChI is InChI=1S/C17H25N3O3/c21-16(22)15(11-14-7-6-8-18-12-14)13-19-17(23)20-9-4-2-1-3-5-10-20/h6-8,12,15H,1-5,9-11,13H2,(H,19,23)(H,21,22). The fourth-order valence-corrected chi connectivity index (χ4v) is 2.82. The van der Waals surface area contributed by atoms with E-state index in [0.29, 0.717) is 6.42 Å². The average Bonchev–Trinajstić information content (AvgIpc) is 2.51. The number of carbonyl (C=O) groups excluding carboxylic acids is 1. The molecule has 0 radical (unpaired) electrons. The van der Waals surface area contributed by atoms with E-state index in [1.807, 2.05) is 11.0 Å². The summed E-state index contributed by atoms with van der Waals surface area (Å²) in [4.78, 5) is 29.5. The van der Waals surface area contributed by atoms with Crippen molar-refractivity contribution in [2.45, 2.75) is 38.5 Å². The molecule has 2 N–H and O–H groups in total. The lowest BCUT2D eigenvalue weighted by Gasteiger charge is -2.25. The summed E-state index contributed by atoms with van der Waals surface area (Å²) in [7, 11) is 0. The highest BCUT2D eigenvalue weighted by molar-refractivity contribution is 5.76. The molecule has 126 valence electrons. The van der Waals surface area contributed by atoms with Crippen molar-refractivity contribution in [3.63, 3.8) is 0 Å². The number of hydrogen-bond donors (Lipinski definition) is 2. The van der Waals surface area contributed by atoms with E-state index in [9.17, 15) is 14.7 Å². The minimum atomic E-state index is -0.901. The molecule has 6 nitrogen and oxygen atoms in total. The van der Waals surface area contributed by atoms with Crippen molar-refractivity contribution in [1.82, 2.24) is 15.2 Å². The number of hydrogen-bond acceptors (Lipinski definition) is 3. The quantitative estimate of drug-likeness (QED) is 0.872. The number of urea groups is 1. The maximum Gasteiger partial charge on any atom is 0.317 e. The molecule has 0 saturated carbocycles. The number of aromatic nitrogens is 1. The van der Waals surface area contributed by atoms with Gasteiger partial charge in [-0.3, -0.25) is 9.78 Å². The minimum Gasteiger partial charge on any atom is -0.481 e. The van der Waals surface area contributed by atoms with E-state index in [1.165, 1.54) is 6.42 Å². The number of likely N-dealkylation sites (tertiary alicyclic amines) is 1. The van der Waals surface area contributed by atoms with Gasteiger partial charge in [0.2, 0.25) is 0 Å². The van der Waals surface area contributed by atoms with Gasteiger partial charge in [0.1, 0.15) is 0 Å². The number of nitrogens with one attached hydrogen (secondary N) is 1. The summed E-state index contributed by atoms with van der Waals surface area (Å²) in [6.07, 6.45) is 9.27. The van der Waals surface area contributed by atoms with Crippen LogP contribution < -0.4 is 5.32 Å². The van der Waals surface area contributed by atoms with E-state index >= 15 is 0 Å². The van der Waals surface area contributed by atoms with E-state index in [4.69, 9.17) is 0 Å². The van der Waals surface area contributed by atoms with E-state index in [-0.39, 0.29) is 12.6 Å². The number of carboxylic acids is 1. The molecular formula is C17H25N3O3. The molecule has 0 bridgehead atoms. The lowest BCUT2D eigenvalue weighted by atomic mass is 10.0. The van der Waals surface area contributed by atoms with Crippen LogP contribution in [0.5, 0.6) is 0 Å². The Labute approximate surface area is 136 Å². The van der Waals surface area contributed by atoms with E-state index < -0.39 is 11.9 Å². The second-order valence-corrected chi connectivity index (χ2v) is 6.04. The molecule has 1 fully saturated rings. The van der Waals surface area contributed by atoms with Gasteiger partial charge in [0.25, 0.3) is 0 Å². The van der Waals surface area contributed by atoms with Crippen LogP contribution in [0.1, 0.15) is 37.7 Å². The first-order chi connectivity index (χ1) is 11.2. The molecule has 2 rings (SSSR count). The van der Waals surface area contributed by atoms with Crippen LogP contribution in [-0.2, 0) is 11.2 Å². The predicted octanol–water partition coefficient (Wildman–Crippen LogP) is 2.30. The molecule has 2 heterocycles. The lowest BCUT2D eigenvalue weighted by molar-refractivity contribution is -0.141. The second kappa shape index (κ2) is 9.12. The normalized spacial score (nSPS) is 17.0. The number of pyridine rings is 1. The molecule has 0 aromatic carbocycles. The highest BCUT2D eigenvalue weighted by atomic mass is 16.4. The van der Waals surface area contributed by atoms with Crippen LogP contribution in [0, 0.1) is 5.92 Å². The van der Waals surface area contributed by atoms with Gasteiger partial charge in [-0.15, -0.1) is 0 Å². The number of carbonyl (C=O) groups is 2. The Balaban J connectivity index is 1.85. The van der Waals surface area contributed by atoms with Gasteiger partial charge < -0.3 is 15.3 Å². The number of aliphatic carboxylic acids is 1. The van der Waals surface area contributed by atoms with E-state index in [1.54, 1.807) is 18.5 Å². The zero-order chi connectivity index (χ0) is 16.5. The zero-order valence-corrected chi connectivity index (χ0v) is 13.4. The zero-order valence-electron chi connectivity index (χ0n) is 13.4. The Kier molecular flexibility index (Phi) is 6.84. The largest absolute Gasteiger partial charge is 0.481 e. The molecule has 6 heteroatoms. The first kappa shape index (κ1) is 17.2. The van der Waals surface area contributed by atoms with Gasteiger partial charge >= 0.3 is 12.0 Å². The van der Waals surface area contributed by atoms with Crippen LogP contribution in [-0.4, -0.2) is 46.6 Å². The molecular weight excluding hydrogens is 294 g/mol. The summed E-state index contributed by atoms with van der Waals surface area (Å²) in [6, 6.07) is 3.49. The maximum atomic E-state index is 12.3. The van der Waals surface area contributed by atoms with Crippen molar-refractivity contribution < 1.29 is 14.7 Å². The topological polar surface area (TPSA) is 82.5 Å². The van der Waals surface area contributed by atoms with Crippen molar-refractivity contribution in [3.05, 3.63) is 30.1 Å². The van der Waals surface area contributed by atoms with Gasteiger partial charge in [0.15, 0.2) is 0 Å². The minimum absolute atomic E-state index is 0.138. The Bertz CT molecular complexity index is 499. The predicted molar refractivity (Wildman–Crippen MR) is 87.1 cm³/mol. The Morgan fingerprint density at radius 1 is 1.22 bits per heavy atom. The highest BCUT2D eigenvalue weighted by Gasteiger charge is 2.21. The number of rotatable bonds is 5. The van der Waals surface area contributed by atoms with E-state index in [0.717, 1.165) is 44.3 Å². The Morgan fingerprint density at radius 2 is 1.91 bits per heavy atom. The fourth-order valence-electron chi connectivity index (χ4n) is 2.82. The molecule has 1 aromatic rings. The number of amides is 2. The fraction of sp³-hybridized carbons (Fsp3) is 0.588. The summed E-state index contributed by atoms with van der Waals surface area (Å²) < 4.78 is 0. The molecule has 1 unspecified atom stereocenters. The van der Waals surface area contributed by atoms with Crippen LogP contribution in [0.2, 0.25) is 0 Å². The summed E-state index contributed by atoms with van der Waals surface area (Å²) in [5.74, 6) is -1.54. The Hall–Kier alpha value is -2.11. The monoisotopic (exact) mass is 319 g/mol. The molecule has 23 heavy (non-hydrogen) atoms. The molecule has 1 aliphatic heterocycles. The van der Waals surface area contributed by atoms with Gasteiger partial charge in [-0.2, -0.15) is 0 Å². The number of nitrogens with zero attached hydrogens (tertiary/aromatic N) is 2. The smallest absolute Gasteiger partial charge is 0.317 e. The molecule has 1 atom stereocenters. The van der Waals surface area contributed by atoms with Crippen molar-refractivity contribution in [2.75, 3.05) is 19.6 Å². The van der Waals surface area contributed by atoms with E-state index in [2.05, 4.69) is 10.3 Å². The van der Waals surface area contributed by atoms with Gasteiger partial charge in [-0.25, -0.2) is 4.79 Å². The SMILES string of the molecule is O=C(O)C(CNC(=O)N1CCCCCCC1)Cc1cccnc1. The van der Waals surface area contributed by atoms with Gasteiger partial charge in [-0.05, 0) is 30.9 Å². The molecule has 2 amide bonds. The van der Waals surface area contributed by atoms with Crippen LogP contribution >= 0.6 is 0 Å². The maximum absolute atomic E-state index is 12.3. The highest BCUT2D eigenvalue weighted by Crippen LogP contribution is 2.11. The molecule has 1 aliphatic rings. The third kappa shape index (κ3) is 5.88. The average molecular weight is 319 g/mol. The summed E-state index contributed by atoms with van der Waals surface area (Å²) in [5.41, 5.74) is 0.861. The van der Waals surface area contributed by atoms with Crippen LogP contribution in [0.3, 0.4) is 0 Å². The lowest BCUT2D eigenvalue weighted by Crippen LogP contribution is -2.44. The van der Waals surface area contributed by atoms with Crippen LogP contribution in [0.4, 0.5) is 4.79 Å². The molecule has 1 saturated heterocycles. The third-order valence-electron chi connectivity index (χ3n) is 4.20. The summed E-state index contributed by atoms with van der Waals surface area (Å²) in [6.45, 7) is 1.65. The summed E-state index contributed by atoms with van der Waals surface area (Å²) >= 11 is 0. The van der Waals surface area contributed by atoms with Gasteiger partial charge in [0, 0.05) is 32.0 Å². The molecule has 0 aliphatic carbocycles. The van der Waals surface area contributed by atoms with Gasteiger partial charge in [-0.1, -0.05) is 25.3 Å². The Morgan fingerprint density at radius 3 is 2.52 bits per heavy atom. The third-order valence-corrected chi connectivity index (χ3v) is 4.20. The van der Waals surface area contributed by atoms with Crippen molar-refractivity contribution >= 4 is 12.0 Å². The number of carboxylic acid groups (broad SMARTS) is 1. The molecule has 1 aromatic heterocycles. The van der Waals surface area contributed by atoms with Gasteiger partial charge in [0.05, 0.1) is 5.92 Å². The molecule has 0 spiro atoms. The second-order valence-electron chi connectivity index (χ2n) is 6.04. The van der Waals surface area contributed by atoms with Crippen molar-refractivity contribution in [3.8, 4) is 0 Å². The summed E-state index contributed by atoms with van der Waals surface area (Å²) in [5, 5.41) is 12.1. The first-order valence-corrected chi connectivity index (χ1v) is 8.31. The van der Waals surface area contributed by atoms with Crippen molar-refractivity contribution in [1.29, 1.82) is 0 Å². The van der Waals surface area contributed by atoms with Crippen LogP contribution in [0.15, 0.2) is 24.5 Å².